The lowest BCUT2D eigenvalue weighted by Gasteiger charge is -2.36. The molecule has 0 N–H and O–H groups in total. The second-order valence-corrected chi connectivity index (χ2v) is 6.82. The zero-order valence-electron chi connectivity index (χ0n) is 15.3. The Balaban J connectivity index is 1.41. The van der Waals surface area contributed by atoms with Gasteiger partial charge in [0.15, 0.2) is 0 Å². The van der Waals surface area contributed by atoms with Gasteiger partial charge in [-0.2, -0.15) is 0 Å². The molecule has 0 atom stereocenters. The highest BCUT2D eigenvalue weighted by atomic mass is 19.1. The molecule has 138 valence electrons. The Hall–Kier alpha value is -2.40. The molecule has 1 heterocycles. The van der Waals surface area contributed by atoms with Crippen molar-refractivity contribution in [3.8, 4) is 0 Å². The average Bonchev–Trinajstić information content (AvgIpc) is 2.68. The summed E-state index contributed by atoms with van der Waals surface area (Å²) in [7, 11) is 2.05. The Morgan fingerprint density at radius 3 is 2.31 bits per heavy atom. The molecule has 1 aliphatic heterocycles. The normalized spacial score (nSPS) is 14.7. The van der Waals surface area contributed by atoms with Crippen LogP contribution in [0.2, 0.25) is 0 Å². The Bertz CT molecular complexity index is 697. The van der Waals surface area contributed by atoms with E-state index >= 15 is 0 Å². The second kappa shape index (κ2) is 8.81. The first-order valence-electron chi connectivity index (χ1n) is 9.12. The molecule has 5 heteroatoms. The number of halogens is 1. The summed E-state index contributed by atoms with van der Waals surface area (Å²) in [6.07, 6.45) is 0.542. The van der Waals surface area contributed by atoms with Crippen LogP contribution in [-0.2, 0) is 11.3 Å². The van der Waals surface area contributed by atoms with E-state index < -0.39 is 0 Å². The maximum absolute atomic E-state index is 13.0. The number of hydrogen-bond donors (Lipinski definition) is 0. The van der Waals surface area contributed by atoms with E-state index in [4.69, 9.17) is 0 Å². The van der Waals surface area contributed by atoms with Gasteiger partial charge >= 0.3 is 0 Å². The van der Waals surface area contributed by atoms with Crippen LogP contribution in [0, 0.1) is 5.82 Å². The smallest absolute Gasteiger partial charge is 0.223 e. The summed E-state index contributed by atoms with van der Waals surface area (Å²) >= 11 is 0. The summed E-state index contributed by atoms with van der Waals surface area (Å²) in [4.78, 5) is 18.8. The van der Waals surface area contributed by atoms with Gasteiger partial charge in [-0.1, -0.05) is 30.3 Å². The lowest BCUT2D eigenvalue weighted by molar-refractivity contribution is -0.131. The van der Waals surface area contributed by atoms with Gasteiger partial charge in [0.1, 0.15) is 5.82 Å². The summed E-state index contributed by atoms with van der Waals surface area (Å²) in [5, 5.41) is 0. The third-order valence-corrected chi connectivity index (χ3v) is 4.83. The molecule has 0 unspecified atom stereocenters. The predicted octanol–water partition coefficient (Wildman–Crippen LogP) is 3.00. The van der Waals surface area contributed by atoms with Crippen molar-refractivity contribution in [1.29, 1.82) is 0 Å². The van der Waals surface area contributed by atoms with Crippen LogP contribution < -0.4 is 4.90 Å². The molecule has 1 amide bonds. The SMILES string of the molecule is CN(CCC(=O)N1CCN(c2ccc(F)cc2)CC1)Cc1ccccc1. The minimum atomic E-state index is -0.220. The van der Waals surface area contributed by atoms with Crippen molar-refractivity contribution >= 4 is 11.6 Å². The molecule has 2 aromatic rings. The minimum Gasteiger partial charge on any atom is -0.368 e. The van der Waals surface area contributed by atoms with Crippen molar-refractivity contribution in [2.45, 2.75) is 13.0 Å². The highest BCUT2D eigenvalue weighted by Crippen LogP contribution is 2.17. The fourth-order valence-electron chi connectivity index (χ4n) is 3.28. The Morgan fingerprint density at radius 1 is 1.00 bits per heavy atom. The number of nitrogens with zero attached hydrogens (tertiary/aromatic N) is 3. The molecule has 0 aliphatic carbocycles. The number of piperazine rings is 1. The molecular weight excluding hydrogens is 329 g/mol. The van der Waals surface area contributed by atoms with E-state index in [9.17, 15) is 9.18 Å². The summed E-state index contributed by atoms with van der Waals surface area (Å²) in [6, 6.07) is 16.9. The molecule has 0 aromatic heterocycles. The molecule has 0 bridgehead atoms. The van der Waals surface area contributed by atoms with E-state index in [0.29, 0.717) is 6.42 Å². The number of rotatable bonds is 6. The van der Waals surface area contributed by atoms with Crippen LogP contribution in [0.1, 0.15) is 12.0 Å². The summed E-state index contributed by atoms with van der Waals surface area (Å²) < 4.78 is 13.0. The number of amides is 1. The van der Waals surface area contributed by atoms with Crippen molar-refractivity contribution in [2.24, 2.45) is 0 Å². The molecule has 0 spiro atoms. The van der Waals surface area contributed by atoms with Crippen LogP contribution in [0.25, 0.3) is 0 Å². The monoisotopic (exact) mass is 355 g/mol. The number of anilines is 1. The van der Waals surface area contributed by atoms with Gasteiger partial charge in [0, 0.05) is 51.4 Å². The maximum Gasteiger partial charge on any atom is 0.223 e. The van der Waals surface area contributed by atoms with E-state index in [1.807, 2.05) is 30.1 Å². The van der Waals surface area contributed by atoms with Gasteiger partial charge in [-0.3, -0.25) is 4.79 Å². The molecule has 26 heavy (non-hydrogen) atoms. The molecule has 1 fully saturated rings. The maximum atomic E-state index is 13.0. The second-order valence-electron chi connectivity index (χ2n) is 6.82. The quantitative estimate of drug-likeness (QED) is 0.797. The van der Waals surface area contributed by atoms with Crippen LogP contribution >= 0.6 is 0 Å². The molecule has 0 radical (unpaired) electrons. The standard InChI is InChI=1S/C21H26FN3O/c1-23(17-18-5-3-2-4-6-18)12-11-21(26)25-15-13-24(14-16-25)20-9-7-19(22)8-10-20/h2-10H,11-17H2,1H3. The molecule has 1 aliphatic rings. The lowest BCUT2D eigenvalue weighted by Crippen LogP contribution is -2.49. The van der Waals surface area contributed by atoms with Crippen molar-refractivity contribution in [3.05, 3.63) is 66.0 Å². The molecule has 1 saturated heterocycles. The highest BCUT2D eigenvalue weighted by molar-refractivity contribution is 5.76. The third kappa shape index (κ3) is 5.05. The van der Waals surface area contributed by atoms with Gasteiger partial charge in [-0.15, -0.1) is 0 Å². The Labute approximate surface area is 154 Å². The van der Waals surface area contributed by atoms with Gasteiger partial charge in [0.2, 0.25) is 5.91 Å². The average molecular weight is 355 g/mol. The largest absolute Gasteiger partial charge is 0.368 e. The van der Waals surface area contributed by atoms with Gasteiger partial charge in [0.05, 0.1) is 0 Å². The first-order valence-corrected chi connectivity index (χ1v) is 9.12. The topological polar surface area (TPSA) is 26.8 Å². The van der Waals surface area contributed by atoms with Crippen molar-refractivity contribution in [1.82, 2.24) is 9.80 Å². The minimum absolute atomic E-state index is 0.212. The zero-order valence-corrected chi connectivity index (χ0v) is 15.3. The molecule has 4 nitrogen and oxygen atoms in total. The van der Waals surface area contributed by atoms with Crippen LogP contribution in [0.15, 0.2) is 54.6 Å². The van der Waals surface area contributed by atoms with Crippen molar-refractivity contribution in [2.75, 3.05) is 44.7 Å². The number of carbonyl (C=O) groups excluding carboxylic acids is 1. The van der Waals surface area contributed by atoms with Gasteiger partial charge in [-0.05, 0) is 36.9 Å². The molecule has 3 rings (SSSR count). The van der Waals surface area contributed by atoms with Gasteiger partial charge in [-0.25, -0.2) is 4.39 Å². The lowest BCUT2D eigenvalue weighted by atomic mass is 10.2. The van der Waals surface area contributed by atoms with Crippen LogP contribution in [0.4, 0.5) is 10.1 Å². The third-order valence-electron chi connectivity index (χ3n) is 4.83. The van der Waals surface area contributed by atoms with E-state index in [0.717, 1.165) is 45.0 Å². The van der Waals surface area contributed by atoms with E-state index in [1.54, 1.807) is 12.1 Å². The number of carbonyl (C=O) groups is 1. The summed E-state index contributed by atoms with van der Waals surface area (Å²) in [6.45, 7) is 4.63. The van der Waals surface area contributed by atoms with Crippen molar-refractivity contribution in [3.63, 3.8) is 0 Å². The van der Waals surface area contributed by atoms with Gasteiger partial charge in [0.25, 0.3) is 0 Å². The highest BCUT2D eigenvalue weighted by Gasteiger charge is 2.21. The summed E-state index contributed by atoms with van der Waals surface area (Å²) in [5.41, 5.74) is 2.27. The zero-order chi connectivity index (χ0) is 18.4. The van der Waals surface area contributed by atoms with Crippen molar-refractivity contribution < 1.29 is 9.18 Å². The Kier molecular flexibility index (Phi) is 6.23. The fraction of sp³-hybridized carbons (Fsp3) is 0.381. The van der Waals surface area contributed by atoms with Crippen LogP contribution in [-0.4, -0.2) is 55.5 Å². The fourth-order valence-corrected chi connectivity index (χ4v) is 3.28. The van der Waals surface area contributed by atoms with Gasteiger partial charge < -0.3 is 14.7 Å². The van der Waals surface area contributed by atoms with Crippen LogP contribution in [0.3, 0.4) is 0 Å². The molecule has 0 saturated carbocycles. The van der Waals surface area contributed by atoms with Crippen LogP contribution in [0.5, 0.6) is 0 Å². The Morgan fingerprint density at radius 2 is 1.65 bits per heavy atom. The van der Waals surface area contributed by atoms with E-state index in [-0.39, 0.29) is 11.7 Å². The number of hydrogen-bond acceptors (Lipinski definition) is 3. The summed E-state index contributed by atoms with van der Waals surface area (Å²) in [5.74, 6) is -0.00847. The molecular formula is C21H26FN3O. The molecule has 2 aromatic carbocycles. The number of benzene rings is 2. The first kappa shape index (κ1) is 18.4. The van der Waals surface area contributed by atoms with E-state index in [1.165, 1.54) is 17.7 Å². The first-order chi connectivity index (χ1) is 12.6. The predicted molar refractivity (Wildman–Crippen MR) is 103 cm³/mol. The van der Waals surface area contributed by atoms with E-state index in [2.05, 4.69) is 21.9 Å².